The Morgan fingerprint density at radius 1 is 1.20 bits per heavy atom. The minimum Gasteiger partial charge on any atom is -0.494 e. The molecule has 2 aromatic carbocycles. The maximum absolute atomic E-state index is 13.6. The predicted octanol–water partition coefficient (Wildman–Crippen LogP) is 3.10. The Balaban J connectivity index is 1.40. The van der Waals surface area contributed by atoms with E-state index >= 15 is 0 Å². The van der Waals surface area contributed by atoms with E-state index in [-0.39, 0.29) is 31.2 Å². The minimum atomic E-state index is -0.470. The number of methoxy groups -OCH3 is 1. The van der Waals surface area contributed by atoms with Crippen LogP contribution in [0.1, 0.15) is 45.7 Å². The van der Waals surface area contributed by atoms with Crippen LogP contribution in [0.5, 0.6) is 11.5 Å². The second kappa shape index (κ2) is 10.9. The first-order valence-electron chi connectivity index (χ1n) is 11.0. The molecule has 0 fully saturated rings. The Hall–Kier alpha value is -4.05. The zero-order valence-electron chi connectivity index (χ0n) is 19.3. The number of halogens is 1. The number of amides is 1. The van der Waals surface area contributed by atoms with E-state index in [1.807, 2.05) is 12.1 Å². The maximum atomic E-state index is 13.6. The molecule has 2 N–H and O–H groups in total. The van der Waals surface area contributed by atoms with Crippen LogP contribution in [0.2, 0.25) is 0 Å². The summed E-state index contributed by atoms with van der Waals surface area (Å²) in [7, 11) is 1.38. The Bertz CT molecular complexity index is 1230. The molecule has 0 saturated heterocycles. The van der Waals surface area contributed by atoms with Crippen LogP contribution >= 0.6 is 0 Å². The molecule has 0 spiro atoms. The van der Waals surface area contributed by atoms with Gasteiger partial charge in [0.1, 0.15) is 23.9 Å². The zero-order chi connectivity index (χ0) is 24.8. The van der Waals surface area contributed by atoms with Crippen LogP contribution in [0.4, 0.5) is 4.39 Å². The number of ether oxygens (including phenoxy) is 2. The Morgan fingerprint density at radius 3 is 2.74 bits per heavy atom. The summed E-state index contributed by atoms with van der Waals surface area (Å²) in [6, 6.07) is 13.3. The van der Waals surface area contributed by atoms with Crippen LogP contribution < -0.4 is 14.8 Å². The number of carbonyl (C=O) groups is 1. The van der Waals surface area contributed by atoms with Gasteiger partial charge in [-0.1, -0.05) is 11.2 Å². The molecule has 1 aromatic heterocycles. The van der Waals surface area contributed by atoms with Gasteiger partial charge in [-0.15, -0.1) is 0 Å². The van der Waals surface area contributed by atoms with E-state index in [4.69, 9.17) is 19.4 Å². The van der Waals surface area contributed by atoms with Crippen molar-refractivity contribution in [2.75, 3.05) is 20.3 Å². The summed E-state index contributed by atoms with van der Waals surface area (Å²) in [4.78, 5) is 27.0. The third kappa shape index (κ3) is 5.90. The highest BCUT2D eigenvalue weighted by atomic mass is 19.1. The summed E-state index contributed by atoms with van der Waals surface area (Å²) >= 11 is 0. The van der Waals surface area contributed by atoms with E-state index in [2.05, 4.69) is 20.4 Å². The van der Waals surface area contributed by atoms with Gasteiger partial charge in [0, 0.05) is 13.0 Å². The number of hydrogen-bond acceptors (Lipinski definition) is 8. The summed E-state index contributed by atoms with van der Waals surface area (Å²) in [5.41, 5.74) is 3.06. The molecule has 10 heteroatoms. The number of aromatic nitrogens is 2. The van der Waals surface area contributed by atoms with E-state index in [0.29, 0.717) is 29.3 Å². The van der Waals surface area contributed by atoms with Crippen molar-refractivity contribution in [2.24, 2.45) is 5.16 Å². The Labute approximate surface area is 201 Å². The van der Waals surface area contributed by atoms with Crippen LogP contribution in [0.25, 0.3) is 0 Å². The van der Waals surface area contributed by atoms with Crippen molar-refractivity contribution in [3.63, 3.8) is 0 Å². The molecule has 0 aliphatic carbocycles. The van der Waals surface area contributed by atoms with Crippen LogP contribution in [-0.4, -0.2) is 47.0 Å². The molecule has 1 aliphatic rings. The molecule has 182 valence electrons. The average molecular weight is 480 g/mol. The number of aliphatic hydroxyl groups excluding tert-OH is 1. The van der Waals surface area contributed by atoms with E-state index < -0.39 is 17.8 Å². The molecule has 0 bridgehead atoms. The molecule has 2 heterocycles. The third-order valence-electron chi connectivity index (χ3n) is 5.31. The Morgan fingerprint density at radius 2 is 2.00 bits per heavy atom. The van der Waals surface area contributed by atoms with Crippen molar-refractivity contribution in [3.8, 4) is 11.5 Å². The molecule has 0 saturated carbocycles. The number of hydrogen-bond donors (Lipinski definition) is 2. The lowest BCUT2D eigenvalue weighted by Crippen LogP contribution is -2.25. The first-order valence-corrected chi connectivity index (χ1v) is 11.0. The number of oxime groups is 1. The lowest BCUT2D eigenvalue weighted by Gasteiger charge is -2.11. The highest BCUT2D eigenvalue weighted by molar-refractivity contribution is 6.01. The second-order valence-corrected chi connectivity index (χ2v) is 7.81. The standard InChI is InChI=1S/C25H25FN4O5/c1-15-28-21(24-13-20(30-35-24)17-4-6-18(7-5-17)34-10-9-31)12-22(29-15)25(32)27-14-16-3-8-19(26)23(11-16)33-2/h3-8,11-12,24,31H,9-10,13-14H2,1-2H3,(H,27,32). The fraction of sp³-hybridized carbons (Fsp3) is 0.280. The van der Waals surface area contributed by atoms with Crippen LogP contribution in [0.3, 0.4) is 0 Å². The number of aryl methyl sites for hydroxylation is 1. The van der Waals surface area contributed by atoms with Crippen LogP contribution in [0, 0.1) is 12.7 Å². The van der Waals surface area contributed by atoms with E-state index in [1.165, 1.54) is 19.2 Å². The quantitative estimate of drug-likeness (QED) is 0.484. The van der Waals surface area contributed by atoms with Gasteiger partial charge in [0.2, 0.25) is 0 Å². The molecule has 35 heavy (non-hydrogen) atoms. The summed E-state index contributed by atoms with van der Waals surface area (Å²) < 4.78 is 24.0. The van der Waals surface area contributed by atoms with Gasteiger partial charge in [-0.05, 0) is 60.5 Å². The van der Waals surface area contributed by atoms with Gasteiger partial charge in [0.25, 0.3) is 5.91 Å². The van der Waals surface area contributed by atoms with Gasteiger partial charge in [-0.3, -0.25) is 4.79 Å². The lowest BCUT2D eigenvalue weighted by molar-refractivity contribution is 0.0819. The number of benzene rings is 2. The zero-order valence-corrected chi connectivity index (χ0v) is 19.3. The normalized spacial score (nSPS) is 14.7. The van der Waals surface area contributed by atoms with Gasteiger partial charge >= 0.3 is 0 Å². The number of nitrogens with zero attached hydrogens (tertiary/aromatic N) is 3. The third-order valence-corrected chi connectivity index (χ3v) is 5.31. The molecule has 3 aromatic rings. The predicted molar refractivity (Wildman–Crippen MR) is 125 cm³/mol. The smallest absolute Gasteiger partial charge is 0.270 e. The molecule has 1 aliphatic heterocycles. The number of nitrogens with one attached hydrogen (secondary N) is 1. The molecular formula is C25H25FN4O5. The first-order chi connectivity index (χ1) is 17.0. The molecule has 4 rings (SSSR count). The van der Waals surface area contributed by atoms with Crippen molar-refractivity contribution >= 4 is 11.6 Å². The number of aliphatic hydroxyl groups is 1. The highest BCUT2D eigenvalue weighted by Gasteiger charge is 2.26. The Kier molecular flexibility index (Phi) is 7.51. The topological polar surface area (TPSA) is 115 Å². The number of carbonyl (C=O) groups excluding carboxylic acids is 1. The lowest BCUT2D eigenvalue weighted by atomic mass is 10.0. The van der Waals surface area contributed by atoms with E-state index in [0.717, 1.165) is 11.3 Å². The molecular weight excluding hydrogens is 455 g/mol. The van der Waals surface area contributed by atoms with Gasteiger partial charge in [-0.2, -0.15) is 0 Å². The summed E-state index contributed by atoms with van der Waals surface area (Å²) in [6.45, 7) is 2.06. The summed E-state index contributed by atoms with van der Waals surface area (Å²) in [5, 5.41) is 15.8. The monoisotopic (exact) mass is 480 g/mol. The van der Waals surface area contributed by atoms with Gasteiger partial charge in [-0.25, -0.2) is 14.4 Å². The fourth-order valence-corrected chi connectivity index (χ4v) is 3.57. The largest absolute Gasteiger partial charge is 0.494 e. The van der Waals surface area contributed by atoms with Gasteiger partial charge < -0.3 is 24.7 Å². The van der Waals surface area contributed by atoms with Crippen LogP contribution in [-0.2, 0) is 11.4 Å². The van der Waals surface area contributed by atoms with Gasteiger partial charge in [0.15, 0.2) is 17.7 Å². The molecule has 1 unspecified atom stereocenters. The molecule has 0 radical (unpaired) electrons. The molecule has 9 nitrogen and oxygen atoms in total. The van der Waals surface area contributed by atoms with Crippen LogP contribution in [0.15, 0.2) is 53.7 Å². The van der Waals surface area contributed by atoms with Gasteiger partial charge in [0.05, 0.1) is 25.1 Å². The summed E-state index contributed by atoms with van der Waals surface area (Å²) in [5.74, 6) is 0.331. The molecule has 1 amide bonds. The van der Waals surface area contributed by atoms with Crippen molar-refractivity contribution < 1.29 is 28.6 Å². The number of rotatable bonds is 9. The SMILES string of the molecule is COc1cc(CNC(=O)c2cc(C3CC(c4ccc(OCCO)cc4)=NO3)nc(C)n2)ccc1F. The average Bonchev–Trinajstić information content (AvgIpc) is 3.37. The molecule has 1 atom stereocenters. The van der Waals surface area contributed by atoms with Crippen molar-refractivity contribution in [1.29, 1.82) is 0 Å². The van der Waals surface area contributed by atoms with Crippen molar-refractivity contribution in [3.05, 3.63) is 82.7 Å². The first kappa shape index (κ1) is 24.1. The minimum absolute atomic E-state index is 0.0523. The fourth-order valence-electron chi connectivity index (χ4n) is 3.57. The van der Waals surface area contributed by atoms with E-state index in [1.54, 1.807) is 31.2 Å². The van der Waals surface area contributed by atoms with Crippen molar-refractivity contribution in [1.82, 2.24) is 15.3 Å². The highest BCUT2D eigenvalue weighted by Crippen LogP contribution is 2.29. The second-order valence-electron chi connectivity index (χ2n) is 7.81. The van der Waals surface area contributed by atoms with E-state index in [9.17, 15) is 9.18 Å². The summed E-state index contributed by atoms with van der Waals surface area (Å²) in [6.07, 6.45) is 0.0221. The van der Waals surface area contributed by atoms with Crippen molar-refractivity contribution in [2.45, 2.75) is 26.0 Å². The maximum Gasteiger partial charge on any atom is 0.270 e.